The largest absolute Gasteiger partial charge is 0.494 e. The van der Waals surface area contributed by atoms with Crippen molar-refractivity contribution in [2.24, 2.45) is 0 Å². The van der Waals surface area contributed by atoms with Crippen LogP contribution < -0.4 is 10.2 Å². The summed E-state index contributed by atoms with van der Waals surface area (Å²) in [7, 11) is 1.33. The van der Waals surface area contributed by atoms with Crippen molar-refractivity contribution in [2.45, 2.75) is 32.7 Å². The number of amides is 3. The Hall–Kier alpha value is -3.56. The Balaban J connectivity index is 2.47. The van der Waals surface area contributed by atoms with E-state index in [1.54, 1.807) is 12.1 Å². The molecular formula is C25H27Cl2N3O6. The molecule has 2 aromatic carbocycles. The van der Waals surface area contributed by atoms with Crippen LogP contribution in [0.1, 0.15) is 31.9 Å². The second kappa shape index (κ2) is 11.9. The van der Waals surface area contributed by atoms with Gasteiger partial charge in [0.15, 0.2) is 5.57 Å². The van der Waals surface area contributed by atoms with E-state index in [1.807, 2.05) is 38.2 Å². The molecule has 2 rings (SSSR count). The van der Waals surface area contributed by atoms with Gasteiger partial charge in [0.25, 0.3) is 11.8 Å². The van der Waals surface area contributed by atoms with Crippen LogP contribution in [0.2, 0.25) is 10.0 Å². The third kappa shape index (κ3) is 7.22. The molecule has 0 aliphatic rings. The monoisotopic (exact) mass is 535 g/mol. The fourth-order valence-electron chi connectivity index (χ4n) is 3.18. The van der Waals surface area contributed by atoms with Gasteiger partial charge in [-0.05, 0) is 34.7 Å². The van der Waals surface area contributed by atoms with E-state index in [1.165, 1.54) is 25.2 Å². The lowest BCUT2D eigenvalue weighted by atomic mass is 9.87. The fourth-order valence-corrected chi connectivity index (χ4v) is 3.72. The molecule has 36 heavy (non-hydrogen) atoms. The molecule has 0 bridgehead atoms. The number of aliphatic hydroxyl groups excluding tert-OH is 1. The van der Waals surface area contributed by atoms with Crippen LogP contribution in [0.15, 0.2) is 53.9 Å². The number of aliphatic carboxylic acids is 1. The van der Waals surface area contributed by atoms with Crippen LogP contribution in [-0.4, -0.2) is 52.9 Å². The third-order valence-electron chi connectivity index (χ3n) is 5.21. The number of nitrogens with one attached hydrogen (secondary N) is 1. The summed E-state index contributed by atoms with van der Waals surface area (Å²) >= 11 is 12.1. The Kier molecular flexibility index (Phi) is 9.49. The first-order valence-corrected chi connectivity index (χ1v) is 11.5. The number of hydrogen-bond donors (Lipinski definition) is 3. The summed E-state index contributed by atoms with van der Waals surface area (Å²) < 4.78 is 0. The number of nitrogens with zero attached hydrogens (tertiary/aromatic N) is 2. The summed E-state index contributed by atoms with van der Waals surface area (Å²) in [5.41, 5.74) is 0.898. The molecule has 3 N–H and O–H groups in total. The molecule has 9 nitrogen and oxygen atoms in total. The number of imide groups is 1. The number of halogens is 2. The van der Waals surface area contributed by atoms with Crippen LogP contribution in [0.4, 0.5) is 5.69 Å². The van der Waals surface area contributed by atoms with Crippen molar-refractivity contribution in [3.05, 3.63) is 75.1 Å². The predicted octanol–water partition coefficient (Wildman–Crippen LogP) is 3.88. The number of carbonyl (C=O) groups excluding carboxylic acids is 3. The van der Waals surface area contributed by atoms with Gasteiger partial charge in [0.05, 0.1) is 17.3 Å². The first-order chi connectivity index (χ1) is 16.8. The zero-order valence-corrected chi connectivity index (χ0v) is 21.7. The van der Waals surface area contributed by atoms with E-state index in [4.69, 9.17) is 28.3 Å². The van der Waals surface area contributed by atoms with Gasteiger partial charge in [-0.3, -0.25) is 24.1 Å². The van der Waals surface area contributed by atoms with Crippen LogP contribution in [0, 0.1) is 0 Å². The van der Waals surface area contributed by atoms with Gasteiger partial charge < -0.3 is 20.4 Å². The topological polar surface area (TPSA) is 127 Å². The summed E-state index contributed by atoms with van der Waals surface area (Å²) in [6, 6.07) is 11.6. The molecule has 0 aromatic heterocycles. The van der Waals surface area contributed by atoms with Gasteiger partial charge in [-0.1, -0.05) is 68.2 Å². The molecule has 0 fully saturated rings. The Morgan fingerprint density at radius 3 is 2.14 bits per heavy atom. The highest BCUT2D eigenvalue weighted by Gasteiger charge is 2.31. The SMILES string of the molecule is CN(/C(O)=C(/C(=O)NCC(=O)O)C(=O)N(C=O)Cc1ccc(C(C)(C)C)cc1)c1ccc(Cl)cc1Cl. The highest BCUT2D eigenvalue weighted by molar-refractivity contribution is 6.36. The summed E-state index contributed by atoms with van der Waals surface area (Å²) in [4.78, 5) is 50.6. The molecule has 3 amide bonds. The van der Waals surface area contributed by atoms with E-state index in [2.05, 4.69) is 0 Å². The van der Waals surface area contributed by atoms with Gasteiger partial charge in [-0.25, -0.2) is 0 Å². The van der Waals surface area contributed by atoms with Crippen molar-refractivity contribution >= 4 is 53.1 Å². The van der Waals surface area contributed by atoms with Crippen molar-refractivity contribution in [3.8, 4) is 0 Å². The number of carbonyl (C=O) groups is 4. The lowest BCUT2D eigenvalue weighted by Crippen LogP contribution is -2.41. The molecule has 0 unspecified atom stereocenters. The minimum Gasteiger partial charge on any atom is -0.494 e. The van der Waals surface area contributed by atoms with Gasteiger partial charge in [-0.15, -0.1) is 0 Å². The summed E-state index contributed by atoms with van der Waals surface area (Å²) in [5.74, 6) is -4.54. The summed E-state index contributed by atoms with van der Waals surface area (Å²) in [6.45, 7) is 5.12. The molecule has 2 aromatic rings. The van der Waals surface area contributed by atoms with E-state index in [0.29, 0.717) is 15.5 Å². The molecule has 0 spiro atoms. The van der Waals surface area contributed by atoms with Crippen molar-refractivity contribution in [1.82, 2.24) is 10.2 Å². The van der Waals surface area contributed by atoms with E-state index in [9.17, 15) is 24.3 Å². The molecule has 0 heterocycles. The number of hydrogen-bond acceptors (Lipinski definition) is 6. The molecule has 192 valence electrons. The first kappa shape index (κ1) is 28.7. The zero-order valence-electron chi connectivity index (χ0n) is 20.2. The number of anilines is 1. The van der Waals surface area contributed by atoms with Gasteiger partial charge in [-0.2, -0.15) is 0 Å². The summed E-state index contributed by atoms with van der Waals surface area (Å²) in [5, 5.41) is 22.3. The predicted molar refractivity (Wildman–Crippen MR) is 137 cm³/mol. The van der Waals surface area contributed by atoms with Gasteiger partial charge in [0.1, 0.15) is 6.54 Å². The maximum atomic E-state index is 13.3. The van der Waals surface area contributed by atoms with Crippen LogP contribution in [0.3, 0.4) is 0 Å². The Morgan fingerprint density at radius 1 is 1.03 bits per heavy atom. The maximum absolute atomic E-state index is 13.3. The zero-order chi connectivity index (χ0) is 27.2. The standard InChI is InChI=1S/C25H27Cl2N3O6/c1-25(2,3)16-7-5-15(6-8-16)13-30(14-31)24(36)21(22(34)28-12-20(32)33)23(35)29(4)19-10-9-17(26)11-18(19)27/h5-11,14,35H,12-13H2,1-4H3,(H,28,34)(H,32,33)/b23-21+. The normalized spacial score (nSPS) is 11.8. The van der Waals surface area contributed by atoms with Crippen molar-refractivity contribution in [2.75, 3.05) is 18.5 Å². The lowest BCUT2D eigenvalue weighted by Gasteiger charge is -2.24. The summed E-state index contributed by atoms with van der Waals surface area (Å²) in [6.07, 6.45) is 0.229. The number of carboxylic acid groups (broad SMARTS) is 1. The second-order valence-electron chi connectivity index (χ2n) is 8.92. The average molecular weight is 536 g/mol. The molecule has 0 saturated carbocycles. The highest BCUT2D eigenvalue weighted by atomic mass is 35.5. The molecule has 0 saturated heterocycles. The van der Waals surface area contributed by atoms with Crippen LogP contribution >= 0.6 is 23.2 Å². The number of benzene rings is 2. The minimum atomic E-state index is -1.37. The molecule has 0 atom stereocenters. The van der Waals surface area contributed by atoms with Crippen LogP contribution in [0.5, 0.6) is 0 Å². The fraction of sp³-hybridized carbons (Fsp3) is 0.280. The average Bonchev–Trinajstić information content (AvgIpc) is 2.80. The van der Waals surface area contributed by atoms with E-state index in [-0.39, 0.29) is 29.1 Å². The van der Waals surface area contributed by atoms with Gasteiger partial charge in [0, 0.05) is 12.1 Å². The lowest BCUT2D eigenvalue weighted by molar-refractivity contribution is -0.140. The number of carboxylic acids is 1. The van der Waals surface area contributed by atoms with Crippen molar-refractivity contribution < 1.29 is 29.4 Å². The quantitative estimate of drug-likeness (QED) is 0.146. The molecule has 0 aliphatic heterocycles. The van der Waals surface area contributed by atoms with Crippen LogP contribution in [0.25, 0.3) is 0 Å². The number of aliphatic hydroxyl groups is 1. The Morgan fingerprint density at radius 2 is 1.64 bits per heavy atom. The smallest absolute Gasteiger partial charge is 0.322 e. The van der Waals surface area contributed by atoms with Crippen molar-refractivity contribution in [1.29, 1.82) is 0 Å². The highest BCUT2D eigenvalue weighted by Crippen LogP contribution is 2.30. The van der Waals surface area contributed by atoms with Gasteiger partial charge >= 0.3 is 5.97 Å². The molecule has 11 heteroatoms. The minimum absolute atomic E-state index is 0.101. The van der Waals surface area contributed by atoms with Gasteiger partial charge in [0.2, 0.25) is 12.3 Å². The Bertz CT molecular complexity index is 1190. The first-order valence-electron chi connectivity index (χ1n) is 10.7. The molecule has 0 aliphatic carbocycles. The van der Waals surface area contributed by atoms with E-state index in [0.717, 1.165) is 10.5 Å². The van der Waals surface area contributed by atoms with E-state index < -0.39 is 35.8 Å². The third-order valence-corrected chi connectivity index (χ3v) is 5.75. The van der Waals surface area contributed by atoms with E-state index >= 15 is 0 Å². The Labute approximate surface area is 218 Å². The second-order valence-corrected chi connectivity index (χ2v) is 9.76. The molecular weight excluding hydrogens is 509 g/mol. The van der Waals surface area contributed by atoms with Crippen LogP contribution in [-0.2, 0) is 31.1 Å². The number of rotatable bonds is 9. The molecule has 0 radical (unpaired) electrons. The van der Waals surface area contributed by atoms with Crippen molar-refractivity contribution in [3.63, 3.8) is 0 Å². The maximum Gasteiger partial charge on any atom is 0.322 e.